The van der Waals surface area contributed by atoms with E-state index in [0.717, 1.165) is 11.3 Å². The van der Waals surface area contributed by atoms with E-state index in [9.17, 15) is 14.4 Å². The van der Waals surface area contributed by atoms with Crippen molar-refractivity contribution in [3.05, 3.63) is 29.3 Å². The Hall–Kier alpha value is -2.41. The molecule has 0 aromatic heterocycles. The molecule has 7 heteroatoms. The molecule has 1 fully saturated rings. The highest BCUT2D eigenvalue weighted by molar-refractivity contribution is 6.02. The molecule has 1 atom stereocenters. The third kappa shape index (κ3) is 2.47. The predicted octanol–water partition coefficient (Wildman–Crippen LogP) is -0.919. The molecule has 3 amide bonds. The van der Waals surface area contributed by atoms with Gasteiger partial charge in [0.25, 0.3) is 5.91 Å². The molecule has 1 aromatic rings. The fourth-order valence-electron chi connectivity index (χ4n) is 2.73. The number of benzene rings is 1. The van der Waals surface area contributed by atoms with Crippen molar-refractivity contribution in [3.8, 4) is 0 Å². The minimum atomic E-state index is -0.640. The second-order valence-corrected chi connectivity index (χ2v) is 5.22. The number of primary amides is 1. The zero-order chi connectivity index (χ0) is 15.0. The molecule has 2 aliphatic rings. The Morgan fingerprint density at radius 1 is 1.33 bits per heavy atom. The molecule has 0 spiro atoms. The highest BCUT2D eigenvalue weighted by atomic mass is 16.2. The third-order valence-electron chi connectivity index (χ3n) is 3.81. The summed E-state index contributed by atoms with van der Waals surface area (Å²) < 4.78 is 0. The molecule has 4 N–H and O–H groups in total. The first-order chi connectivity index (χ1) is 10.1. The molecule has 0 bridgehead atoms. The SMILES string of the molecule is NC(=O)C1CNCCN1C(=O)c1ccc2c(c1)CC(=O)N2. The summed E-state index contributed by atoms with van der Waals surface area (Å²) in [4.78, 5) is 36.9. The Kier molecular flexibility index (Phi) is 3.34. The molecule has 1 saturated heterocycles. The van der Waals surface area contributed by atoms with Gasteiger partial charge in [-0.15, -0.1) is 0 Å². The number of amides is 3. The summed E-state index contributed by atoms with van der Waals surface area (Å²) >= 11 is 0. The Labute approximate surface area is 121 Å². The van der Waals surface area contributed by atoms with Gasteiger partial charge in [0, 0.05) is 30.9 Å². The largest absolute Gasteiger partial charge is 0.368 e. The Balaban J connectivity index is 1.86. The van der Waals surface area contributed by atoms with Gasteiger partial charge >= 0.3 is 0 Å². The van der Waals surface area contributed by atoms with Gasteiger partial charge in [-0.1, -0.05) is 0 Å². The van der Waals surface area contributed by atoms with Crippen LogP contribution in [-0.4, -0.2) is 48.3 Å². The molecule has 0 saturated carbocycles. The quantitative estimate of drug-likeness (QED) is 0.654. The van der Waals surface area contributed by atoms with Crippen LogP contribution in [0.25, 0.3) is 0 Å². The third-order valence-corrected chi connectivity index (χ3v) is 3.81. The lowest BCUT2D eigenvalue weighted by Gasteiger charge is -2.34. The molecule has 3 rings (SSSR count). The predicted molar refractivity (Wildman–Crippen MR) is 75.7 cm³/mol. The summed E-state index contributed by atoms with van der Waals surface area (Å²) in [5.74, 6) is -0.831. The molecular formula is C14H16N4O3. The number of fused-ring (bicyclic) bond motifs is 1. The zero-order valence-corrected chi connectivity index (χ0v) is 11.4. The summed E-state index contributed by atoms with van der Waals surface area (Å²) in [5, 5.41) is 5.77. The number of piperazine rings is 1. The van der Waals surface area contributed by atoms with Gasteiger partial charge in [-0.2, -0.15) is 0 Å². The highest BCUT2D eigenvalue weighted by Gasteiger charge is 2.31. The second-order valence-electron chi connectivity index (χ2n) is 5.22. The van der Waals surface area contributed by atoms with Crippen molar-refractivity contribution in [3.63, 3.8) is 0 Å². The van der Waals surface area contributed by atoms with Crippen LogP contribution in [0.15, 0.2) is 18.2 Å². The van der Waals surface area contributed by atoms with E-state index in [2.05, 4.69) is 10.6 Å². The van der Waals surface area contributed by atoms with Crippen LogP contribution in [-0.2, 0) is 16.0 Å². The van der Waals surface area contributed by atoms with Crippen molar-refractivity contribution in [2.45, 2.75) is 12.5 Å². The Bertz CT molecular complexity index is 629. The monoisotopic (exact) mass is 288 g/mol. The number of nitrogens with zero attached hydrogens (tertiary/aromatic N) is 1. The molecule has 0 radical (unpaired) electrons. The number of hydrogen-bond donors (Lipinski definition) is 3. The smallest absolute Gasteiger partial charge is 0.254 e. The number of nitrogens with two attached hydrogens (primary N) is 1. The number of hydrogen-bond acceptors (Lipinski definition) is 4. The van der Waals surface area contributed by atoms with Crippen molar-refractivity contribution in [2.75, 3.05) is 25.0 Å². The van der Waals surface area contributed by atoms with Crippen LogP contribution in [0, 0.1) is 0 Å². The van der Waals surface area contributed by atoms with Gasteiger partial charge in [0.05, 0.1) is 6.42 Å². The fraction of sp³-hybridized carbons (Fsp3) is 0.357. The summed E-state index contributed by atoms with van der Waals surface area (Å²) in [7, 11) is 0. The first kappa shape index (κ1) is 13.6. The van der Waals surface area contributed by atoms with E-state index in [1.54, 1.807) is 18.2 Å². The Morgan fingerprint density at radius 2 is 2.14 bits per heavy atom. The molecule has 2 aliphatic heterocycles. The maximum atomic E-state index is 12.6. The van der Waals surface area contributed by atoms with Gasteiger partial charge in [0.1, 0.15) is 6.04 Å². The van der Waals surface area contributed by atoms with Gasteiger partial charge in [-0.3, -0.25) is 14.4 Å². The molecule has 1 aromatic carbocycles. The number of carbonyl (C=O) groups excluding carboxylic acids is 3. The first-order valence-electron chi connectivity index (χ1n) is 6.80. The van der Waals surface area contributed by atoms with Gasteiger partial charge in [-0.25, -0.2) is 0 Å². The average molecular weight is 288 g/mol. The Morgan fingerprint density at radius 3 is 2.90 bits per heavy atom. The van der Waals surface area contributed by atoms with Crippen LogP contribution in [0.3, 0.4) is 0 Å². The summed E-state index contributed by atoms with van der Waals surface area (Å²) in [5.41, 5.74) is 7.37. The summed E-state index contributed by atoms with van der Waals surface area (Å²) in [6, 6.07) is 4.44. The molecule has 0 aliphatic carbocycles. The fourth-order valence-corrected chi connectivity index (χ4v) is 2.73. The lowest BCUT2D eigenvalue weighted by atomic mass is 10.1. The number of carbonyl (C=O) groups is 3. The molecular weight excluding hydrogens is 272 g/mol. The highest BCUT2D eigenvalue weighted by Crippen LogP contribution is 2.24. The van der Waals surface area contributed by atoms with E-state index < -0.39 is 11.9 Å². The van der Waals surface area contributed by atoms with E-state index in [4.69, 9.17) is 5.73 Å². The second kappa shape index (κ2) is 5.17. The molecule has 1 unspecified atom stereocenters. The van der Waals surface area contributed by atoms with Crippen LogP contribution in [0.4, 0.5) is 5.69 Å². The number of nitrogens with one attached hydrogen (secondary N) is 2. The van der Waals surface area contributed by atoms with Crippen LogP contribution >= 0.6 is 0 Å². The average Bonchev–Trinajstić information content (AvgIpc) is 2.85. The van der Waals surface area contributed by atoms with Crippen molar-refractivity contribution in [1.29, 1.82) is 0 Å². The van der Waals surface area contributed by atoms with Crippen molar-refractivity contribution in [1.82, 2.24) is 10.2 Å². The number of rotatable bonds is 2. The topological polar surface area (TPSA) is 105 Å². The molecule has 110 valence electrons. The summed E-state index contributed by atoms with van der Waals surface area (Å²) in [6.45, 7) is 1.42. The van der Waals surface area contributed by atoms with E-state index in [1.165, 1.54) is 4.90 Å². The molecule has 2 heterocycles. The van der Waals surface area contributed by atoms with E-state index >= 15 is 0 Å². The molecule has 7 nitrogen and oxygen atoms in total. The van der Waals surface area contributed by atoms with Gasteiger partial charge in [0.15, 0.2) is 0 Å². The summed E-state index contributed by atoms with van der Waals surface area (Å²) in [6.07, 6.45) is 0.275. The zero-order valence-electron chi connectivity index (χ0n) is 11.4. The van der Waals surface area contributed by atoms with Crippen LogP contribution in [0.2, 0.25) is 0 Å². The minimum Gasteiger partial charge on any atom is -0.368 e. The van der Waals surface area contributed by atoms with Gasteiger partial charge in [-0.05, 0) is 23.8 Å². The maximum absolute atomic E-state index is 12.6. The lowest BCUT2D eigenvalue weighted by molar-refractivity contribution is -0.123. The van der Waals surface area contributed by atoms with Crippen LogP contribution in [0.1, 0.15) is 15.9 Å². The first-order valence-corrected chi connectivity index (χ1v) is 6.80. The molecule has 21 heavy (non-hydrogen) atoms. The normalized spacial score (nSPS) is 20.9. The van der Waals surface area contributed by atoms with Crippen molar-refractivity contribution < 1.29 is 14.4 Å². The van der Waals surface area contributed by atoms with Gasteiger partial charge in [0.2, 0.25) is 11.8 Å². The van der Waals surface area contributed by atoms with Crippen LogP contribution < -0.4 is 16.4 Å². The van der Waals surface area contributed by atoms with E-state index in [-0.39, 0.29) is 18.2 Å². The van der Waals surface area contributed by atoms with Crippen LogP contribution in [0.5, 0.6) is 0 Å². The maximum Gasteiger partial charge on any atom is 0.254 e. The van der Waals surface area contributed by atoms with Crippen molar-refractivity contribution >= 4 is 23.4 Å². The van der Waals surface area contributed by atoms with E-state index in [1.807, 2.05) is 0 Å². The van der Waals surface area contributed by atoms with Crippen molar-refractivity contribution in [2.24, 2.45) is 5.73 Å². The lowest BCUT2D eigenvalue weighted by Crippen LogP contribution is -2.58. The standard InChI is InChI=1S/C14H16N4O3/c15-13(20)11-7-16-3-4-18(11)14(21)8-1-2-10-9(5-8)6-12(19)17-10/h1-2,5,11,16H,3-4,6-7H2,(H2,15,20)(H,17,19). The van der Waals surface area contributed by atoms with E-state index in [0.29, 0.717) is 25.2 Å². The minimum absolute atomic E-state index is 0.0771. The van der Waals surface area contributed by atoms with Gasteiger partial charge < -0.3 is 21.3 Å². The number of anilines is 1.